The number of aryl methyl sites for hydroxylation is 1. The Hall–Kier alpha value is -3.57. The minimum absolute atomic E-state index is 0.278. The van der Waals surface area contributed by atoms with Crippen LogP contribution in [0.25, 0.3) is 5.57 Å². The number of nitrogens with zero attached hydrogens (tertiary/aromatic N) is 3. The molecular weight excluding hydrogens is 434 g/mol. The Morgan fingerprint density at radius 2 is 1.33 bits per heavy atom. The lowest BCUT2D eigenvalue weighted by Gasteiger charge is -2.37. The molecule has 0 aliphatic carbocycles. The van der Waals surface area contributed by atoms with Crippen molar-refractivity contribution >= 4 is 40.4 Å². The molecule has 6 heteroatoms. The summed E-state index contributed by atoms with van der Waals surface area (Å²) in [5, 5.41) is 0.587. The second-order valence-corrected chi connectivity index (χ2v) is 8.76. The number of hydrogen-bond acceptors (Lipinski definition) is 4. The van der Waals surface area contributed by atoms with Crippen molar-refractivity contribution in [3.63, 3.8) is 0 Å². The molecule has 2 aliphatic heterocycles. The van der Waals surface area contributed by atoms with Crippen LogP contribution in [0.1, 0.15) is 11.1 Å². The summed E-state index contributed by atoms with van der Waals surface area (Å²) in [4.78, 5) is 32.8. The van der Waals surface area contributed by atoms with Crippen LogP contribution >= 0.6 is 11.6 Å². The van der Waals surface area contributed by atoms with Gasteiger partial charge in [-0.15, -0.1) is 0 Å². The zero-order chi connectivity index (χ0) is 22.9. The number of hydrogen-bond donors (Lipinski definition) is 0. The number of carbonyl (C=O) groups excluding carboxylic acids is 2. The summed E-state index contributed by atoms with van der Waals surface area (Å²) in [6.07, 6.45) is 0. The predicted molar refractivity (Wildman–Crippen MR) is 132 cm³/mol. The molecule has 0 saturated carbocycles. The number of amides is 2. The van der Waals surface area contributed by atoms with E-state index in [0.717, 1.165) is 13.1 Å². The third kappa shape index (κ3) is 4.00. The van der Waals surface area contributed by atoms with Gasteiger partial charge in [0.05, 0.1) is 11.3 Å². The molecule has 0 bridgehead atoms. The van der Waals surface area contributed by atoms with Gasteiger partial charge in [-0.05, 0) is 54.4 Å². The molecule has 0 radical (unpaired) electrons. The van der Waals surface area contributed by atoms with Gasteiger partial charge in [-0.3, -0.25) is 9.59 Å². The summed E-state index contributed by atoms with van der Waals surface area (Å²) in [6.45, 7) is 4.94. The lowest BCUT2D eigenvalue weighted by atomic mass is 10.0. The summed E-state index contributed by atoms with van der Waals surface area (Å²) in [5.74, 6) is -0.579. The third-order valence-electron chi connectivity index (χ3n) is 6.17. The molecule has 1 fully saturated rings. The normalized spacial score (nSPS) is 16.7. The van der Waals surface area contributed by atoms with Crippen molar-refractivity contribution in [3.8, 4) is 0 Å². The monoisotopic (exact) mass is 457 g/mol. The summed E-state index contributed by atoms with van der Waals surface area (Å²) in [5.41, 5.74) is 4.58. The number of halogens is 1. The highest BCUT2D eigenvalue weighted by Gasteiger charge is 2.43. The quantitative estimate of drug-likeness (QED) is 0.530. The number of benzene rings is 3. The standard InChI is InChI=1S/C27H24ClN3O2/c1-19-6-5-9-23(18-19)29-14-16-30(17-15-29)25-24(20-10-12-21(28)13-11-20)26(32)31(27(25)33)22-7-3-2-4-8-22/h2-13,18H,14-17H2,1H3. The number of piperazine rings is 1. The largest absolute Gasteiger partial charge is 0.368 e. The molecule has 2 aliphatic rings. The topological polar surface area (TPSA) is 43.9 Å². The van der Waals surface area contributed by atoms with Crippen LogP contribution in [-0.2, 0) is 9.59 Å². The summed E-state index contributed by atoms with van der Waals surface area (Å²) in [7, 11) is 0. The van der Waals surface area contributed by atoms with Crippen LogP contribution < -0.4 is 9.80 Å². The second-order valence-electron chi connectivity index (χ2n) is 8.32. The molecule has 1 saturated heterocycles. The number of carbonyl (C=O) groups is 2. The van der Waals surface area contributed by atoms with Crippen molar-refractivity contribution in [2.24, 2.45) is 0 Å². The van der Waals surface area contributed by atoms with E-state index in [0.29, 0.717) is 40.6 Å². The van der Waals surface area contributed by atoms with E-state index in [1.54, 1.807) is 36.4 Å². The fourth-order valence-corrected chi connectivity index (χ4v) is 4.64. The molecular formula is C27H24ClN3O2. The lowest BCUT2D eigenvalue weighted by Crippen LogP contribution is -2.47. The van der Waals surface area contributed by atoms with Gasteiger partial charge in [0.2, 0.25) is 0 Å². The molecule has 0 N–H and O–H groups in total. The van der Waals surface area contributed by atoms with E-state index in [2.05, 4.69) is 41.0 Å². The first-order valence-corrected chi connectivity index (χ1v) is 11.4. The average Bonchev–Trinajstić information content (AvgIpc) is 3.10. The number of imide groups is 1. The molecule has 0 aromatic heterocycles. The van der Waals surface area contributed by atoms with Crippen molar-refractivity contribution in [3.05, 3.63) is 101 Å². The molecule has 166 valence electrons. The molecule has 5 nitrogen and oxygen atoms in total. The first-order chi connectivity index (χ1) is 16.0. The maximum Gasteiger partial charge on any atom is 0.282 e. The Labute approximate surface area is 198 Å². The first-order valence-electron chi connectivity index (χ1n) is 11.0. The fraction of sp³-hybridized carbons (Fsp3) is 0.185. The molecule has 33 heavy (non-hydrogen) atoms. The highest BCUT2D eigenvalue weighted by molar-refractivity contribution is 6.45. The van der Waals surface area contributed by atoms with Crippen LogP contribution in [0.15, 0.2) is 84.6 Å². The molecule has 3 aromatic rings. The highest BCUT2D eigenvalue weighted by atomic mass is 35.5. The van der Waals surface area contributed by atoms with Gasteiger partial charge in [0.1, 0.15) is 5.70 Å². The van der Waals surface area contributed by atoms with E-state index in [9.17, 15) is 9.59 Å². The summed E-state index contributed by atoms with van der Waals surface area (Å²) >= 11 is 6.08. The second kappa shape index (κ2) is 8.75. The molecule has 0 unspecified atom stereocenters. The van der Waals surface area contributed by atoms with Gasteiger partial charge >= 0.3 is 0 Å². The van der Waals surface area contributed by atoms with E-state index in [4.69, 9.17) is 11.6 Å². The van der Waals surface area contributed by atoms with Gasteiger partial charge in [-0.2, -0.15) is 0 Å². The Morgan fingerprint density at radius 1 is 0.697 bits per heavy atom. The van der Waals surface area contributed by atoms with Crippen molar-refractivity contribution < 1.29 is 9.59 Å². The summed E-state index contributed by atoms with van der Waals surface area (Å²) < 4.78 is 0. The highest BCUT2D eigenvalue weighted by Crippen LogP contribution is 2.35. The lowest BCUT2D eigenvalue weighted by molar-refractivity contribution is -0.120. The maximum atomic E-state index is 13.6. The molecule has 3 aromatic carbocycles. The molecule has 2 amide bonds. The Kier molecular flexibility index (Phi) is 5.65. The predicted octanol–water partition coefficient (Wildman–Crippen LogP) is 4.76. The van der Waals surface area contributed by atoms with Gasteiger partial charge in [-0.1, -0.05) is 54.1 Å². The van der Waals surface area contributed by atoms with Crippen molar-refractivity contribution in [1.29, 1.82) is 0 Å². The van der Waals surface area contributed by atoms with Crippen molar-refractivity contribution in [2.75, 3.05) is 36.0 Å². The van der Waals surface area contributed by atoms with E-state index in [1.165, 1.54) is 16.2 Å². The summed E-state index contributed by atoms with van der Waals surface area (Å²) in [6, 6.07) is 24.7. The van der Waals surface area contributed by atoms with Gasteiger partial charge < -0.3 is 9.80 Å². The number of rotatable bonds is 4. The minimum atomic E-state index is -0.301. The zero-order valence-electron chi connectivity index (χ0n) is 18.4. The van der Waals surface area contributed by atoms with Crippen LogP contribution in [-0.4, -0.2) is 42.9 Å². The molecule has 0 spiro atoms. The van der Waals surface area contributed by atoms with E-state index < -0.39 is 0 Å². The van der Waals surface area contributed by atoms with E-state index in [1.807, 2.05) is 18.2 Å². The van der Waals surface area contributed by atoms with Crippen molar-refractivity contribution in [1.82, 2.24) is 4.90 Å². The first kappa shape index (κ1) is 21.3. The Balaban J connectivity index is 1.49. The van der Waals surface area contributed by atoms with E-state index in [-0.39, 0.29) is 11.8 Å². The van der Waals surface area contributed by atoms with Gasteiger partial charge in [0, 0.05) is 36.9 Å². The Bertz CT molecular complexity index is 1230. The SMILES string of the molecule is Cc1cccc(N2CCN(C3=C(c4ccc(Cl)cc4)C(=O)N(c4ccccc4)C3=O)CC2)c1. The molecule has 2 heterocycles. The van der Waals surface area contributed by atoms with Gasteiger partial charge in [0.15, 0.2) is 0 Å². The zero-order valence-corrected chi connectivity index (χ0v) is 19.1. The van der Waals surface area contributed by atoms with Crippen LogP contribution in [0, 0.1) is 6.92 Å². The molecule has 0 atom stereocenters. The Morgan fingerprint density at radius 3 is 2.00 bits per heavy atom. The van der Waals surface area contributed by atoms with Gasteiger partial charge in [-0.25, -0.2) is 4.90 Å². The third-order valence-corrected chi connectivity index (χ3v) is 6.42. The van der Waals surface area contributed by atoms with Crippen molar-refractivity contribution in [2.45, 2.75) is 6.92 Å². The van der Waals surface area contributed by atoms with Crippen LogP contribution in [0.2, 0.25) is 5.02 Å². The molecule has 5 rings (SSSR count). The maximum absolute atomic E-state index is 13.6. The van der Waals surface area contributed by atoms with E-state index >= 15 is 0 Å². The number of anilines is 2. The van der Waals surface area contributed by atoms with Crippen LogP contribution in [0.4, 0.5) is 11.4 Å². The fourth-order valence-electron chi connectivity index (χ4n) is 4.51. The van der Waals surface area contributed by atoms with Crippen LogP contribution in [0.3, 0.4) is 0 Å². The minimum Gasteiger partial charge on any atom is -0.368 e. The average molecular weight is 458 g/mol. The van der Waals surface area contributed by atoms with Gasteiger partial charge in [0.25, 0.3) is 11.8 Å². The smallest absolute Gasteiger partial charge is 0.282 e. The van der Waals surface area contributed by atoms with Crippen LogP contribution in [0.5, 0.6) is 0 Å². The number of para-hydroxylation sites is 1.